The summed E-state index contributed by atoms with van der Waals surface area (Å²) in [6.07, 6.45) is 5.91. The first-order valence-corrected chi connectivity index (χ1v) is 6.84. The predicted molar refractivity (Wildman–Crippen MR) is 59.8 cm³/mol. The molecule has 0 aromatic rings. The Kier molecular flexibility index (Phi) is 2.25. The highest BCUT2D eigenvalue weighted by Gasteiger charge is 2.57. The minimum Gasteiger partial charge on any atom is -0.480 e. The van der Waals surface area contributed by atoms with Gasteiger partial charge < -0.3 is 5.11 Å². The molecule has 0 amide bonds. The molecule has 3 rings (SSSR count). The van der Waals surface area contributed by atoms with Crippen molar-refractivity contribution in [1.82, 2.24) is 5.32 Å². The van der Waals surface area contributed by atoms with Crippen LogP contribution in [-0.2, 0) is 4.79 Å². The summed E-state index contributed by atoms with van der Waals surface area (Å²) in [5.41, 5.74) is 0. The molecule has 1 heterocycles. The fourth-order valence-electron chi connectivity index (χ4n) is 3.26. The molecule has 3 nitrogen and oxygen atoms in total. The Morgan fingerprint density at radius 2 is 2.33 bits per heavy atom. The Balaban J connectivity index is 1.77. The quantitative estimate of drug-likeness (QED) is 0.715. The van der Waals surface area contributed by atoms with Crippen molar-refractivity contribution in [3.8, 4) is 0 Å². The van der Waals surface area contributed by atoms with E-state index in [0.29, 0.717) is 0 Å². The Morgan fingerprint density at radius 1 is 1.47 bits per heavy atom. The topological polar surface area (TPSA) is 49.3 Å². The van der Waals surface area contributed by atoms with E-state index in [2.05, 4.69) is 5.32 Å². The van der Waals surface area contributed by atoms with Crippen LogP contribution in [0.5, 0.6) is 0 Å². The van der Waals surface area contributed by atoms with Crippen LogP contribution in [0.3, 0.4) is 0 Å². The maximum Gasteiger partial charge on any atom is 0.320 e. The van der Waals surface area contributed by atoms with Gasteiger partial charge in [0.05, 0.1) is 4.87 Å². The van der Waals surface area contributed by atoms with E-state index in [1.165, 1.54) is 25.7 Å². The van der Waals surface area contributed by atoms with Crippen LogP contribution in [0.4, 0.5) is 0 Å². The molecule has 2 saturated carbocycles. The molecule has 15 heavy (non-hydrogen) atoms. The Bertz CT molecular complexity index is 292. The molecule has 84 valence electrons. The molecule has 4 heteroatoms. The van der Waals surface area contributed by atoms with Gasteiger partial charge in [-0.3, -0.25) is 10.1 Å². The highest BCUT2D eigenvalue weighted by atomic mass is 32.2. The summed E-state index contributed by atoms with van der Waals surface area (Å²) in [6, 6.07) is -0.300. The number of hydrogen-bond acceptors (Lipinski definition) is 3. The molecule has 4 atom stereocenters. The first-order valence-electron chi connectivity index (χ1n) is 5.86. The van der Waals surface area contributed by atoms with Gasteiger partial charge in [0, 0.05) is 0 Å². The van der Waals surface area contributed by atoms with Gasteiger partial charge in [-0.15, -0.1) is 11.8 Å². The minimum atomic E-state index is -0.669. The van der Waals surface area contributed by atoms with Gasteiger partial charge >= 0.3 is 5.97 Å². The third-order valence-electron chi connectivity index (χ3n) is 4.13. The van der Waals surface area contributed by atoms with E-state index in [0.717, 1.165) is 24.0 Å². The average Bonchev–Trinajstić information content (AvgIpc) is 2.99. The van der Waals surface area contributed by atoms with Crippen LogP contribution in [0.2, 0.25) is 0 Å². The van der Waals surface area contributed by atoms with E-state index in [1.54, 1.807) is 0 Å². The first kappa shape index (κ1) is 9.97. The van der Waals surface area contributed by atoms with Crippen LogP contribution >= 0.6 is 11.8 Å². The van der Waals surface area contributed by atoms with Crippen LogP contribution in [0.1, 0.15) is 32.1 Å². The van der Waals surface area contributed by atoms with Gasteiger partial charge in [0.25, 0.3) is 0 Å². The van der Waals surface area contributed by atoms with Crippen molar-refractivity contribution in [2.24, 2.45) is 11.8 Å². The number of thioether (sulfide) groups is 1. The van der Waals surface area contributed by atoms with E-state index < -0.39 is 5.97 Å². The van der Waals surface area contributed by atoms with E-state index in [-0.39, 0.29) is 10.9 Å². The predicted octanol–water partition coefficient (Wildman–Crippen LogP) is 1.68. The number of aliphatic carboxylic acids is 1. The summed E-state index contributed by atoms with van der Waals surface area (Å²) in [4.78, 5) is 11.2. The van der Waals surface area contributed by atoms with Crippen LogP contribution in [-0.4, -0.2) is 27.7 Å². The molecular weight excluding hydrogens is 210 g/mol. The van der Waals surface area contributed by atoms with Crippen molar-refractivity contribution in [3.63, 3.8) is 0 Å². The normalized spacial score (nSPS) is 48.7. The molecule has 2 aliphatic carbocycles. The second kappa shape index (κ2) is 3.39. The van der Waals surface area contributed by atoms with Crippen molar-refractivity contribution in [1.29, 1.82) is 0 Å². The standard InChI is InChI=1S/C11H17NO2S/c13-10(14)9-3-5-15-11(12-9)4-1-2-7-6-8(7)11/h7-9,12H,1-6H2,(H,13,14). The number of carboxylic acids is 1. The zero-order valence-electron chi connectivity index (χ0n) is 8.74. The first-order chi connectivity index (χ1) is 7.21. The van der Waals surface area contributed by atoms with E-state index >= 15 is 0 Å². The molecule has 2 N–H and O–H groups in total. The Morgan fingerprint density at radius 3 is 3.13 bits per heavy atom. The monoisotopic (exact) mass is 227 g/mol. The second-order valence-corrected chi connectivity index (χ2v) is 6.48. The zero-order chi connectivity index (χ0) is 10.5. The summed E-state index contributed by atoms with van der Waals surface area (Å²) in [5.74, 6) is 2.00. The fourth-order valence-corrected chi connectivity index (χ4v) is 5.00. The number of carbonyl (C=O) groups is 1. The molecule has 1 spiro atoms. The van der Waals surface area contributed by atoms with Crippen LogP contribution in [0.25, 0.3) is 0 Å². The molecular formula is C11H17NO2S. The lowest BCUT2D eigenvalue weighted by Gasteiger charge is -2.43. The third kappa shape index (κ3) is 1.58. The zero-order valence-corrected chi connectivity index (χ0v) is 9.55. The smallest absolute Gasteiger partial charge is 0.320 e. The van der Waals surface area contributed by atoms with Gasteiger partial charge in [0.15, 0.2) is 0 Å². The molecule has 4 unspecified atom stereocenters. The average molecular weight is 227 g/mol. The summed E-state index contributed by atoms with van der Waals surface area (Å²) in [7, 11) is 0. The summed E-state index contributed by atoms with van der Waals surface area (Å²) >= 11 is 1.98. The number of carboxylic acid groups (broad SMARTS) is 1. The van der Waals surface area contributed by atoms with Crippen LogP contribution in [0.15, 0.2) is 0 Å². The van der Waals surface area contributed by atoms with Crippen LogP contribution < -0.4 is 5.32 Å². The van der Waals surface area contributed by atoms with E-state index in [9.17, 15) is 4.79 Å². The minimum absolute atomic E-state index is 0.129. The third-order valence-corrected chi connectivity index (χ3v) is 5.71. The molecule has 3 aliphatic rings. The summed E-state index contributed by atoms with van der Waals surface area (Å²) < 4.78 is 0. The lowest BCUT2D eigenvalue weighted by Crippen LogP contribution is -2.57. The fraction of sp³-hybridized carbons (Fsp3) is 0.909. The number of nitrogens with one attached hydrogen (secondary N) is 1. The van der Waals surface area contributed by atoms with Gasteiger partial charge in [-0.25, -0.2) is 0 Å². The van der Waals surface area contributed by atoms with E-state index in [1.807, 2.05) is 11.8 Å². The lowest BCUT2D eigenvalue weighted by molar-refractivity contribution is -0.140. The van der Waals surface area contributed by atoms with Crippen molar-refractivity contribution >= 4 is 17.7 Å². The maximum absolute atomic E-state index is 11.0. The highest BCUT2D eigenvalue weighted by Crippen LogP contribution is 2.59. The summed E-state index contributed by atoms with van der Waals surface area (Å²) in [6.45, 7) is 0. The molecule has 3 fully saturated rings. The molecule has 1 saturated heterocycles. The summed E-state index contributed by atoms with van der Waals surface area (Å²) in [5, 5.41) is 12.5. The van der Waals surface area contributed by atoms with Gasteiger partial charge in [0.1, 0.15) is 6.04 Å². The van der Waals surface area contributed by atoms with Crippen LogP contribution in [0, 0.1) is 11.8 Å². The van der Waals surface area contributed by atoms with Gasteiger partial charge in [-0.2, -0.15) is 0 Å². The maximum atomic E-state index is 11.0. The Hall–Kier alpha value is -0.220. The molecule has 1 aliphatic heterocycles. The molecule has 0 radical (unpaired) electrons. The SMILES string of the molecule is O=C(O)C1CCSC2(CCCC3CC32)N1. The Labute approximate surface area is 94.0 Å². The number of fused-ring (bicyclic) bond motifs is 2. The van der Waals surface area contributed by atoms with E-state index in [4.69, 9.17) is 5.11 Å². The highest BCUT2D eigenvalue weighted by molar-refractivity contribution is 8.00. The van der Waals surface area contributed by atoms with Gasteiger partial charge in [-0.05, 0) is 43.3 Å². The molecule has 0 bridgehead atoms. The van der Waals surface area contributed by atoms with Crippen molar-refractivity contribution < 1.29 is 9.90 Å². The van der Waals surface area contributed by atoms with Crippen molar-refractivity contribution in [2.75, 3.05) is 5.75 Å². The largest absolute Gasteiger partial charge is 0.480 e. The van der Waals surface area contributed by atoms with Gasteiger partial charge in [0.2, 0.25) is 0 Å². The van der Waals surface area contributed by atoms with Gasteiger partial charge in [-0.1, -0.05) is 6.42 Å². The molecule has 0 aromatic carbocycles. The van der Waals surface area contributed by atoms with Crippen molar-refractivity contribution in [2.45, 2.75) is 43.0 Å². The molecule has 0 aromatic heterocycles. The number of rotatable bonds is 1. The van der Waals surface area contributed by atoms with Crippen molar-refractivity contribution in [3.05, 3.63) is 0 Å². The second-order valence-electron chi connectivity index (χ2n) is 5.06. The number of hydrogen-bond donors (Lipinski definition) is 2. The lowest BCUT2D eigenvalue weighted by atomic mass is 9.93.